The van der Waals surface area contributed by atoms with Gasteiger partial charge in [-0.25, -0.2) is 0 Å². The van der Waals surface area contributed by atoms with Crippen LogP contribution in [0.3, 0.4) is 0 Å². The summed E-state index contributed by atoms with van der Waals surface area (Å²) in [4.78, 5) is 38.4. The van der Waals surface area contributed by atoms with E-state index in [2.05, 4.69) is 93.7 Å². The molecule has 0 aromatic rings. The number of hydrogen-bond acceptors (Lipinski definition) is 6. The fourth-order valence-corrected chi connectivity index (χ4v) is 10.4. The Morgan fingerprint density at radius 3 is 0.854 bits per heavy atom. The summed E-state index contributed by atoms with van der Waals surface area (Å²) in [7, 11) is 0. The van der Waals surface area contributed by atoms with Gasteiger partial charge in [-0.05, 0) is 77.0 Å². The summed E-state index contributed by atoms with van der Waals surface area (Å²) in [6.45, 7) is 6.49. The molecule has 0 aliphatic heterocycles. The van der Waals surface area contributed by atoms with Gasteiger partial charge in [-0.1, -0.05) is 350 Å². The average molecular weight is 1140 g/mol. The number of rotatable bonds is 65. The molecule has 0 aliphatic rings. The largest absolute Gasteiger partial charge is 0.462 e. The minimum absolute atomic E-state index is 0.103. The highest BCUT2D eigenvalue weighted by Gasteiger charge is 2.19. The van der Waals surface area contributed by atoms with E-state index in [1.54, 1.807) is 0 Å². The van der Waals surface area contributed by atoms with Crippen LogP contribution in [0, 0.1) is 0 Å². The van der Waals surface area contributed by atoms with E-state index in [1.807, 2.05) is 12.2 Å². The number of esters is 3. The first-order chi connectivity index (χ1) is 40.5. The van der Waals surface area contributed by atoms with E-state index < -0.39 is 12.1 Å². The zero-order valence-electron chi connectivity index (χ0n) is 54.5. The molecule has 0 saturated heterocycles. The van der Waals surface area contributed by atoms with Gasteiger partial charge in [-0.15, -0.1) is 0 Å². The lowest BCUT2D eigenvalue weighted by molar-refractivity contribution is -0.166. The van der Waals surface area contributed by atoms with Crippen LogP contribution >= 0.6 is 0 Å². The van der Waals surface area contributed by atoms with E-state index in [9.17, 15) is 14.4 Å². The molecule has 82 heavy (non-hydrogen) atoms. The smallest absolute Gasteiger partial charge is 0.309 e. The van der Waals surface area contributed by atoms with Gasteiger partial charge in [0.2, 0.25) is 0 Å². The standard InChI is InChI=1S/C76H134O6/c1-4-7-10-13-16-19-22-25-28-30-32-34-36-37-38-39-40-42-43-45-48-51-54-57-60-63-66-69-75(78)81-72-73(71-80-74(77)68-65-62-59-56-53-50-47-27-24-21-18-15-12-9-6-3)82-76(79)70-67-64-61-58-55-52-49-46-44-41-35-33-31-29-26-23-20-17-14-11-8-5-2/h9,12,18,21-22,25,27,30,32,47,53,56,62,65,73H,4-8,10-11,13-17,19-20,23-24,26,28-29,31,33-46,48-52,54-55,57-61,63-64,66-72H2,1-3H3/b12-9-,21-18-,25-22-,32-30-,47-27-,56-53-,65-62-. The first kappa shape index (κ1) is 78.6. The van der Waals surface area contributed by atoms with Crippen LogP contribution in [-0.4, -0.2) is 37.2 Å². The molecule has 1 unspecified atom stereocenters. The number of carbonyl (C=O) groups excluding carboxylic acids is 3. The fraction of sp³-hybridized carbons (Fsp3) is 0.776. The van der Waals surface area contributed by atoms with Gasteiger partial charge < -0.3 is 14.2 Å². The van der Waals surface area contributed by atoms with E-state index in [4.69, 9.17) is 14.2 Å². The molecule has 0 rings (SSSR count). The molecule has 0 saturated carbocycles. The molecular formula is C76H134O6. The third-order valence-corrected chi connectivity index (χ3v) is 15.7. The van der Waals surface area contributed by atoms with Gasteiger partial charge in [0.1, 0.15) is 13.2 Å². The first-order valence-corrected chi connectivity index (χ1v) is 35.6. The summed E-state index contributed by atoms with van der Waals surface area (Å²) >= 11 is 0. The van der Waals surface area contributed by atoms with E-state index in [1.165, 1.54) is 244 Å². The van der Waals surface area contributed by atoms with Gasteiger partial charge in [0.05, 0.1) is 6.42 Å². The summed E-state index contributed by atoms with van der Waals surface area (Å²) in [6.07, 6.45) is 93.6. The number of allylic oxidation sites excluding steroid dienone is 13. The van der Waals surface area contributed by atoms with Crippen molar-refractivity contribution in [2.45, 2.75) is 367 Å². The molecule has 474 valence electrons. The van der Waals surface area contributed by atoms with Gasteiger partial charge in [-0.2, -0.15) is 0 Å². The van der Waals surface area contributed by atoms with E-state index in [0.29, 0.717) is 12.8 Å². The third kappa shape index (κ3) is 67.4. The van der Waals surface area contributed by atoms with Crippen molar-refractivity contribution in [1.29, 1.82) is 0 Å². The van der Waals surface area contributed by atoms with Gasteiger partial charge >= 0.3 is 17.9 Å². The minimum Gasteiger partial charge on any atom is -0.462 e. The van der Waals surface area contributed by atoms with Crippen molar-refractivity contribution in [3.8, 4) is 0 Å². The van der Waals surface area contributed by atoms with Gasteiger partial charge in [0.15, 0.2) is 6.10 Å². The zero-order chi connectivity index (χ0) is 59.2. The van der Waals surface area contributed by atoms with Crippen LogP contribution in [0.5, 0.6) is 0 Å². The van der Waals surface area contributed by atoms with E-state index in [-0.39, 0.29) is 31.6 Å². The van der Waals surface area contributed by atoms with Crippen molar-refractivity contribution >= 4 is 17.9 Å². The normalized spacial score (nSPS) is 12.6. The van der Waals surface area contributed by atoms with Crippen LogP contribution < -0.4 is 0 Å². The van der Waals surface area contributed by atoms with E-state index >= 15 is 0 Å². The third-order valence-electron chi connectivity index (χ3n) is 15.7. The van der Waals surface area contributed by atoms with Gasteiger partial charge in [0.25, 0.3) is 0 Å². The predicted molar refractivity (Wildman–Crippen MR) is 358 cm³/mol. The lowest BCUT2D eigenvalue weighted by Crippen LogP contribution is -2.30. The van der Waals surface area contributed by atoms with Gasteiger partial charge in [0, 0.05) is 12.8 Å². The Bertz CT molecular complexity index is 1550. The second-order valence-corrected chi connectivity index (χ2v) is 23.8. The molecule has 1 atom stereocenters. The monoisotopic (exact) mass is 1140 g/mol. The summed E-state index contributed by atoms with van der Waals surface area (Å²) in [5.74, 6) is -1.02. The summed E-state index contributed by atoms with van der Waals surface area (Å²) in [6, 6.07) is 0. The minimum atomic E-state index is -0.816. The highest BCUT2D eigenvalue weighted by molar-refractivity contribution is 5.72. The second-order valence-electron chi connectivity index (χ2n) is 23.8. The van der Waals surface area contributed by atoms with Crippen molar-refractivity contribution in [3.63, 3.8) is 0 Å². The molecule has 0 N–H and O–H groups in total. The molecule has 0 aromatic heterocycles. The lowest BCUT2D eigenvalue weighted by Gasteiger charge is -2.18. The molecule has 0 bridgehead atoms. The lowest BCUT2D eigenvalue weighted by atomic mass is 10.0. The maximum atomic E-state index is 13.0. The van der Waals surface area contributed by atoms with Crippen LogP contribution in [-0.2, 0) is 28.6 Å². The number of carbonyl (C=O) groups is 3. The summed E-state index contributed by atoms with van der Waals surface area (Å²) in [5, 5.41) is 0. The Balaban J connectivity index is 4.32. The van der Waals surface area contributed by atoms with Crippen LogP contribution in [0.25, 0.3) is 0 Å². The van der Waals surface area contributed by atoms with Crippen molar-refractivity contribution < 1.29 is 28.6 Å². The quantitative estimate of drug-likeness (QED) is 0.0261. The average Bonchev–Trinajstić information content (AvgIpc) is 3.48. The molecular weight excluding hydrogens is 1010 g/mol. The molecule has 0 aromatic carbocycles. The van der Waals surface area contributed by atoms with Crippen molar-refractivity contribution in [3.05, 3.63) is 85.1 Å². The Labute approximate surface area is 509 Å². The number of unbranched alkanes of at least 4 members (excludes halogenated alkanes) is 41. The molecule has 6 heteroatoms. The summed E-state index contributed by atoms with van der Waals surface area (Å²) < 4.78 is 16.9. The maximum Gasteiger partial charge on any atom is 0.309 e. The zero-order valence-corrected chi connectivity index (χ0v) is 54.5. The summed E-state index contributed by atoms with van der Waals surface area (Å²) in [5.41, 5.74) is 0. The first-order valence-electron chi connectivity index (χ1n) is 35.6. The topological polar surface area (TPSA) is 78.9 Å². The Kier molecular flexibility index (Phi) is 67.2. The Hall–Kier alpha value is -3.41. The molecule has 0 amide bonds. The maximum absolute atomic E-state index is 13.0. The Morgan fingerprint density at radius 2 is 0.524 bits per heavy atom. The molecule has 6 nitrogen and oxygen atoms in total. The highest BCUT2D eigenvalue weighted by atomic mass is 16.6. The van der Waals surface area contributed by atoms with Crippen molar-refractivity contribution in [2.24, 2.45) is 0 Å². The highest BCUT2D eigenvalue weighted by Crippen LogP contribution is 2.18. The van der Waals surface area contributed by atoms with Crippen LogP contribution in [0.4, 0.5) is 0 Å². The van der Waals surface area contributed by atoms with Gasteiger partial charge in [-0.3, -0.25) is 14.4 Å². The molecule has 0 spiro atoms. The fourth-order valence-electron chi connectivity index (χ4n) is 10.4. The SMILES string of the molecule is CC/C=C\C/C=C\C/C=C\C/C=C\C/C=C\CC(=O)OCC(COC(=O)CCCCCCCCCCCCCCCCC/C=C\C/C=C\CCCCCCC)OC(=O)CCCCCCCCCCCCCCCCCCCCCCCC. The van der Waals surface area contributed by atoms with Crippen molar-refractivity contribution in [1.82, 2.24) is 0 Å². The van der Waals surface area contributed by atoms with Crippen LogP contribution in [0.15, 0.2) is 85.1 Å². The van der Waals surface area contributed by atoms with Crippen molar-refractivity contribution in [2.75, 3.05) is 13.2 Å². The number of ether oxygens (including phenoxy) is 3. The van der Waals surface area contributed by atoms with Crippen LogP contribution in [0.1, 0.15) is 361 Å². The molecule has 0 heterocycles. The number of hydrogen-bond donors (Lipinski definition) is 0. The molecule has 0 radical (unpaired) electrons. The van der Waals surface area contributed by atoms with E-state index in [0.717, 1.165) is 77.0 Å². The molecule has 0 aliphatic carbocycles. The predicted octanol–water partition coefficient (Wildman–Crippen LogP) is 24.6. The molecule has 0 fully saturated rings. The Morgan fingerprint density at radius 1 is 0.268 bits per heavy atom. The van der Waals surface area contributed by atoms with Crippen LogP contribution in [0.2, 0.25) is 0 Å². The second kappa shape index (κ2) is 70.1.